The van der Waals surface area contributed by atoms with E-state index in [1.165, 1.54) is 29.2 Å². The van der Waals surface area contributed by atoms with Crippen molar-refractivity contribution in [1.82, 2.24) is 14.9 Å². The molecule has 7 nitrogen and oxygen atoms in total. The van der Waals surface area contributed by atoms with Gasteiger partial charge in [-0.05, 0) is 39.1 Å². The Bertz CT molecular complexity index is 803. The van der Waals surface area contributed by atoms with Crippen LogP contribution in [0.1, 0.15) is 34.1 Å². The summed E-state index contributed by atoms with van der Waals surface area (Å²) in [6.45, 7) is 7.21. The van der Waals surface area contributed by atoms with Crippen LogP contribution < -0.4 is 10.9 Å². The molecule has 0 radical (unpaired) electrons. The molecule has 8 heteroatoms. The molecule has 2 rings (SSSR count). The van der Waals surface area contributed by atoms with E-state index in [-0.39, 0.29) is 24.4 Å². The highest BCUT2D eigenvalue weighted by atomic mass is 32.1. The highest BCUT2D eigenvalue weighted by Gasteiger charge is 2.22. The van der Waals surface area contributed by atoms with E-state index in [1.54, 1.807) is 11.4 Å². The van der Waals surface area contributed by atoms with E-state index in [1.807, 2.05) is 20.8 Å². The van der Waals surface area contributed by atoms with Crippen LogP contribution in [0, 0.1) is 0 Å². The van der Waals surface area contributed by atoms with E-state index < -0.39 is 17.6 Å². The van der Waals surface area contributed by atoms with Gasteiger partial charge in [0.05, 0.1) is 18.1 Å². The highest BCUT2D eigenvalue weighted by molar-refractivity contribution is 7.16. The van der Waals surface area contributed by atoms with Crippen molar-refractivity contribution in [1.29, 1.82) is 0 Å². The quantitative estimate of drug-likeness (QED) is 0.828. The summed E-state index contributed by atoms with van der Waals surface area (Å²) in [5.41, 5.74) is -0.584. The highest BCUT2D eigenvalue weighted by Crippen LogP contribution is 2.13. The Labute approximate surface area is 143 Å². The zero-order valence-electron chi connectivity index (χ0n) is 14.2. The smallest absolute Gasteiger partial charge is 0.308 e. The van der Waals surface area contributed by atoms with Crippen LogP contribution in [0.5, 0.6) is 0 Å². The molecule has 1 amide bonds. The van der Waals surface area contributed by atoms with Crippen LogP contribution in [-0.2, 0) is 20.9 Å². The van der Waals surface area contributed by atoms with Gasteiger partial charge in [0, 0.05) is 12.1 Å². The Kier molecular flexibility index (Phi) is 5.38. The molecule has 0 saturated carbocycles. The number of fused-ring (bicyclic) bond motifs is 1. The van der Waals surface area contributed by atoms with Gasteiger partial charge >= 0.3 is 5.97 Å². The Hall–Kier alpha value is -2.22. The maximum absolute atomic E-state index is 12.2. The number of ether oxygens (including phenoxy) is 1. The van der Waals surface area contributed by atoms with Crippen molar-refractivity contribution in [3.05, 3.63) is 28.1 Å². The standard InChI is InChI=1S/C16H21N3O4S/c1-10(13(21)18-16(2,3)4)23-12(20)5-7-19-9-17-14-11(15(19)22)6-8-24-14/h6,8-10H,5,7H2,1-4H3,(H,18,21)/t10-/m1/s1. The Morgan fingerprint density at radius 3 is 2.79 bits per heavy atom. The van der Waals surface area contributed by atoms with Gasteiger partial charge in [0.2, 0.25) is 0 Å². The van der Waals surface area contributed by atoms with Gasteiger partial charge < -0.3 is 10.1 Å². The minimum atomic E-state index is -0.883. The number of hydrogen-bond donors (Lipinski definition) is 1. The molecule has 0 aliphatic heterocycles. The van der Waals surface area contributed by atoms with E-state index in [4.69, 9.17) is 4.74 Å². The average Bonchev–Trinajstić information content (AvgIpc) is 2.94. The Morgan fingerprint density at radius 1 is 1.42 bits per heavy atom. The number of nitrogens with zero attached hydrogens (tertiary/aromatic N) is 2. The van der Waals surface area contributed by atoms with E-state index >= 15 is 0 Å². The number of amides is 1. The molecule has 1 N–H and O–H groups in total. The van der Waals surface area contributed by atoms with Gasteiger partial charge in [-0.1, -0.05) is 0 Å². The number of aryl methyl sites for hydroxylation is 1. The first-order valence-electron chi connectivity index (χ1n) is 7.61. The number of carbonyl (C=O) groups is 2. The van der Waals surface area contributed by atoms with E-state index in [0.29, 0.717) is 10.2 Å². The largest absolute Gasteiger partial charge is 0.452 e. The molecule has 0 unspecified atom stereocenters. The first-order chi connectivity index (χ1) is 11.2. The summed E-state index contributed by atoms with van der Waals surface area (Å²) < 4.78 is 6.48. The molecule has 0 aromatic carbocycles. The van der Waals surface area contributed by atoms with E-state index in [2.05, 4.69) is 10.3 Å². The number of hydrogen-bond acceptors (Lipinski definition) is 6. The average molecular weight is 351 g/mol. The summed E-state index contributed by atoms with van der Waals surface area (Å²) >= 11 is 1.39. The van der Waals surface area contributed by atoms with E-state index in [0.717, 1.165) is 0 Å². The number of nitrogens with one attached hydrogen (secondary N) is 1. The molecule has 24 heavy (non-hydrogen) atoms. The normalized spacial score (nSPS) is 12.8. The summed E-state index contributed by atoms with van der Waals surface area (Å²) in [4.78, 5) is 40.8. The molecule has 1 atom stereocenters. The third kappa shape index (κ3) is 4.64. The fourth-order valence-corrected chi connectivity index (χ4v) is 2.77. The summed E-state index contributed by atoms with van der Waals surface area (Å²) in [5.74, 6) is -0.891. The molecule has 2 aromatic rings. The van der Waals surface area contributed by atoms with Gasteiger partial charge in [-0.15, -0.1) is 11.3 Å². The molecule has 0 aliphatic rings. The van der Waals surface area contributed by atoms with Crippen LogP contribution in [0.2, 0.25) is 0 Å². The van der Waals surface area contributed by atoms with Crippen molar-refractivity contribution < 1.29 is 14.3 Å². The molecular formula is C16H21N3O4S. The van der Waals surface area contributed by atoms with Gasteiger partial charge in [-0.2, -0.15) is 0 Å². The van der Waals surface area contributed by atoms with Crippen LogP contribution >= 0.6 is 11.3 Å². The molecular weight excluding hydrogens is 330 g/mol. The number of rotatable bonds is 5. The van der Waals surface area contributed by atoms with Crippen molar-refractivity contribution >= 4 is 33.4 Å². The Morgan fingerprint density at radius 2 is 2.12 bits per heavy atom. The van der Waals surface area contributed by atoms with Gasteiger partial charge in [0.15, 0.2) is 6.10 Å². The molecule has 0 fully saturated rings. The van der Waals surface area contributed by atoms with Crippen LogP contribution in [-0.4, -0.2) is 33.1 Å². The first kappa shape index (κ1) is 18.1. The second kappa shape index (κ2) is 7.12. The lowest BCUT2D eigenvalue weighted by atomic mass is 10.1. The number of esters is 1. The number of thiophene rings is 1. The van der Waals surface area contributed by atoms with Gasteiger partial charge in [-0.25, -0.2) is 4.98 Å². The predicted octanol–water partition coefficient (Wildman–Crippen LogP) is 1.69. The molecule has 0 bridgehead atoms. The number of aromatic nitrogens is 2. The summed E-state index contributed by atoms with van der Waals surface area (Å²) in [5, 5.41) is 5.08. The maximum atomic E-state index is 12.2. The minimum Gasteiger partial charge on any atom is -0.452 e. The molecule has 2 aromatic heterocycles. The van der Waals surface area contributed by atoms with Crippen LogP contribution in [0.15, 0.2) is 22.6 Å². The van der Waals surface area contributed by atoms with Crippen LogP contribution in [0.25, 0.3) is 10.2 Å². The van der Waals surface area contributed by atoms with Gasteiger partial charge in [0.1, 0.15) is 4.83 Å². The van der Waals surface area contributed by atoms with E-state index in [9.17, 15) is 14.4 Å². The summed E-state index contributed by atoms with van der Waals surface area (Å²) in [7, 11) is 0. The lowest BCUT2D eigenvalue weighted by molar-refractivity contribution is -0.155. The third-order valence-electron chi connectivity index (χ3n) is 3.18. The van der Waals surface area contributed by atoms with Crippen LogP contribution in [0.3, 0.4) is 0 Å². The zero-order valence-corrected chi connectivity index (χ0v) is 15.0. The second-order valence-corrected chi connectivity index (χ2v) is 7.40. The summed E-state index contributed by atoms with van der Waals surface area (Å²) in [6.07, 6.45) is 0.528. The van der Waals surface area contributed by atoms with Crippen molar-refractivity contribution in [2.75, 3.05) is 0 Å². The SMILES string of the molecule is C[C@@H](OC(=O)CCn1cnc2sccc2c1=O)C(=O)NC(C)(C)C. The van der Waals surface area contributed by atoms with Crippen LogP contribution in [0.4, 0.5) is 0 Å². The number of carbonyl (C=O) groups excluding carboxylic acids is 2. The third-order valence-corrected chi connectivity index (χ3v) is 4.00. The fraction of sp³-hybridized carbons (Fsp3) is 0.500. The molecule has 0 saturated heterocycles. The lowest BCUT2D eigenvalue weighted by Crippen LogP contribution is -2.46. The Balaban J connectivity index is 1.91. The van der Waals surface area contributed by atoms with Crippen molar-refractivity contribution in [2.45, 2.75) is 52.3 Å². The minimum absolute atomic E-state index is 0.00956. The van der Waals surface area contributed by atoms with Gasteiger partial charge in [-0.3, -0.25) is 19.0 Å². The maximum Gasteiger partial charge on any atom is 0.308 e. The fourth-order valence-electron chi connectivity index (χ4n) is 2.05. The van der Waals surface area contributed by atoms with Gasteiger partial charge in [0.25, 0.3) is 11.5 Å². The molecule has 2 heterocycles. The molecule has 0 aliphatic carbocycles. The lowest BCUT2D eigenvalue weighted by Gasteiger charge is -2.23. The first-order valence-corrected chi connectivity index (χ1v) is 8.49. The van der Waals surface area contributed by atoms with Crippen molar-refractivity contribution in [3.63, 3.8) is 0 Å². The monoisotopic (exact) mass is 351 g/mol. The topological polar surface area (TPSA) is 90.3 Å². The summed E-state index contributed by atoms with van der Waals surface area (Å²) in [6, 6.07) is 1.71. The molecule has 0 spiro atoms. The van der Waals surface area contributed by atoms with Crippen molar-refractivity contribution in [3.8, 4) is 0 Å². The second-order valence-electron chi connectivity index (χ2n) is 6.50. The predicted molar refractivity (Wildman–Crippen MR) is 91.9 cm³/mol. The molecule has 130 valence electrons. The zero-order chi connectivity index (χ0) is 17.9. The van der Waals surface area contributed by atoms with Crippen molar-refractivity contribution in [2.24, 2.45) is 0 Å².